The van der Waals surface area contributed by atoms with Crippen LogP contribution in [0.25, 0.3) is 0 Å². The quantitative estimate of drug-likeness (QED) is 0.325. The summed E-state index contributed by atoms with van der Waals surface area (Å²) < 4.78 is 17.1. The molecule has 0 spiro atoms. The van der Waals surface area contributed by atoms with E-state index in [9.17, 15) is 10.1 Å². The summed E-state index contributed by atoms with van der Waals surface area (Å²) in [6, 6.07) is 0.250. The molecule has 1 atom stereocenters. The van der Waals surface area contributed by atoms with E-state index >= 15 is 0 Å². The zero-order valence-electron chi connectivity index (χ0n) is 9.58. The average molecular weight is 243 g/mol. The van der Waals surface area contributed by atoms with Crippen LogP contribution in [0, 0.1) is 10.1 Å². The molecule has 1 aromatic heterocycles. The molecule has 0 fully saturated rings. The highest BCUT2D eigenvalue weighted by Gasteiger charge is 2.40. The monoisotopic (exact) mass is 243 g/mol. The minimum absolute atomic E-state index is 0.182. The first-order valence-corrected chi connectivity index (χ1v) is 5.01. The first-order valence-electron chi connectivity index (χ1n) is 5.01. The maximum atomic E-state index is 10.5. The Balaban J connectivity index is 2.01. The van der Waals surface area contributed by atoms with Crippen LogP contribution in [-0.4, -0.2) is 40.6 Å². The van der Waals surface area contributed by atoms with Crippen molar-refractivity contribution in [1.29, 1.82) is 0 Å². The molecule has 0 saturated heterocycles. The van der Waals surface area contributed by atoms with Gasteiger partial charge in [-0.15, -0.1) is 0 Å². The van der Waals surface area contributed by atoms with E-state index in [2.05, 4.69) is 4.98 Å². The van der Waals surface area contributed by atoms with Crippen LogP contribution in [0.2, 0.25) is 0 Å². The van der Waals surface area contributed by atoms with Crippen molar-refractivity contribution in [3.63, 3.8) is 0 Å². The predicted molar refractivity (Wildman–Crippen MR) is 55.7 cm³/mol. The molecule has 0 bridgehead atoms. The predicted octanol–water partition coefficient (Wildman–Crippen LogP) is 0.563. The van der Waals surface area contributed by atoms with Gasteiger partial charge in [-0.05, 0) is 11.8 Å². The Bertz CT molecular complexity index is 407. The van der Waals surface area contributed by atoms with E-state index in [1.54, 1.807) is 4.57 Å². The van der Waals surface area contributed by atoms with Gasteiger partial charge in [-0.2, -0.15) is 0 Å². The maximum Gasteiger partial charge on any atom is 0.415 e. The van der Waals surface area contributed by atoms with E-state index < -0.39 is 10.5 Å². The molecule has 1 aromatic rings. The summed E-state index contributed by atoms with van der Waals surface area (Å²) in [6.45, 7) is 2.83. The topological polar surface area (TPSA) is 88.7 Å². The standard InChI is InChI=1S/C9H13N3O5/c1-9(5-16-6-15-2)4-11-3-7(12(13)14)10-8(11)17-9/h3H,4-6H2,1-2H3/t9-/m1/s1. The number of methoxy groups -OCH3 is 1. The number of aromatic nitrogens is 2. The molecule has 0 N–H and O–H groups in total. The normalized spacial score (nSPS) is 22.2. The van der Waals surface area contributed by atoms with Crippen molar-refractivity contribution >= 4 is 5.82 Å². The number of nitro groups is 1. The van der Waals surface area contributed by atoms with Crippen LogP contribution in [0.4, 0.5) is 5.82 Å². The number of hydrogen-bond donors (Lipinski definition) is 0. The van der Waals surface area contributed by atoms with Gasteiger partial charge in [0.2, 0.25) is 0 Å². The van der Waals surface area contributed by atoms with Gasteiger partial charge in [0.15, 0.2) is 5.60 Å². The third-order valence-electron chi connectivity index (χ3n) is 2.37. The molecule has 2 heterocycles. The molecule has 0 saturated carbocycles. The van der Waals surface area contributed by atoms with E-state index in [-0.39, 0.29) is 18.6 Å². The zero-order valence-corrected chi connectivity index (χ0v) is 9.58. The summed E-state index contributed by atoms with van der Waals surface area (Å²) in [4.78, 5) is 13.7. The lowest BCUT2D eigenvalue weighted by atomic mass is 10.1. The van der Waals surface area contributed by atoms with Gasteiger partial charge in [0.05, 0.1) is 13.2 Å². The SMILES string of the molecule is COCOC[C@@]1(C)Cn2cc([N+](=O)[O-])nc2O1. The molecule has 8 heteroatoms. The molecule has 94 valence electrons. The highest BCUT2D eigenvalue weighted by molar-refractivity contribution is 5.23. The molecule has 8 nitrogen and oxygen atoms in total. The van der Waals surface area contributed by atoms with Gasteiger partial charge in [0, 0.05) is 12.1 Å². The summed E-state index contributed by atoms with van der Waals surface area (Å²) in [5.41, 5.74) is -0.560. The van der Waals surface area contributed by atoms with Gasteiger partial charge in [-0.1, -0.05) is 0 Å². The van der Waals surface area contributed by atoms with Crippen LogP contribution < -0.4 is 4.74 Å². The van der Waals surface area contributed by atoms with Crippen molar-refractivity contribution in [2.45, 2.75) is 19.1 Å². The number of nitrogens with zero attached hydrogens (tertiary/aromatic N) is 3. The molecular formula is C9H13N3O5. The minimum Gasteiger partial charge on any atom is -0.435 e. The summed E-state index contributed by atoms with van der Waals surface area (Å²) in [5, 5.41) is 10.5. The number of ether oxygens (including phenoxy) is 3. The first-order chi connectivity index (χ1) is 8.04. The van der Waals surface area contributed by atoms with Gasteiger partial charge >= 0.3 is 11.8 Å². The summed E-state index contributed by atoms with van der Waals surface area (Å²) in [5.74, 6) is -0.208. The third kappa shape index (κ3) is 2.37. The van der Waals surface area contributed by atoms with Crippen molar-refractivity contribution in [2.75, 3.05) is 20.5 Å². The molecule has 0 aromatic carbocycles. The fourth-order valence-corrected chi connectivity index (χ4v) is 1.70. The second-order valence-electron chi connectivity index (χ2n) is 4.07. The van der Waals surface area contributed by atoms with Crippen LogP contribution in [0.1, 0.15) is 6.92 Å². The second kappa shape index (κ2) is 4.30. The lowest BCUT2D eigenvalue weighted by Crippen LogP contribution is -2.37. The van der Waals surface area contributed by atoms with E-state index in [4.69, 9.17) is 14.2 Å². The van der Waals surface area contributed by atoms with Crippen LogP contribution in [0.15, 0.2) is 6.20 Å². The van der Waals surface area contributed by atoms with Gasteiger partial charge in [-0.3, -0.25) is 4.57 Å². The first kappa shape index (κ1) is 11.8. The number of imidazole rings is 1. The lowest BCUT2D eigenvalue weighted by Gasteiger charge is -2.21. The van der Waals surface area contributed by atoms with Crippen molar-refractivity contribution in [1.82, 2.24) is 9.55 Å². The fraction of sp³-hybridized carbons (Fsp3) is 0.667. The molecular weight excluding hydrogens is 230 g/mol. The Kier molecular flexibility index (Phi) is 2.99. The number of rotatable bonds is 5. The van der Waals surface area contributed by atoms with Crippen molar-refractivity contribution < 1.29 is 19.1 Å². The molecule has 0 amide bonds. The van der Waals surface area contributed by atoms with E-state index in [0.717, 1.165) is 0 Å². The van der Waals surface area contributed by atoms with Crippen molar-refractivity contribution in [2.24, 2.45) is 0 Å². The Morgan fingerprint density at radius 2 is 2.53 bits per heavy atom. The van der Waals surface area contributed by atoms with Crippen molar-refractivity contribution in [3.05, 3.63) is 16.3 Å². The van der Waals surface area contributed by atoms with Gasteiger partial charge < -0.3 is 24.3 Å². The molecule has 1 aliphatic heterocycles. The third-order valence-corrected chi connectivity index (χ3v) is 2.37. The molecule has 1 aliphatic rings. The Morgan fingerprint density at radius 1 is 1.76 bits per heavy atom. The Labute approximate surface area is 97.2 Å². The molecule has 0 unspecified atom stereocenters. The molecule has 17 heavy (non-hydrogen) atoms. The Hall–Kier alpha value is -1.67. The molecule has 0 radical (unpaired) electrons. The van der Waals surface area contributed by atoms with Crippen molar-refractivity contribution in [3.8, 4) is 6.01 Å². The number of hydrogen-bond acceptors (Lipinski definition) is 6. The largest absolute Gasteiger partial charge is 0.435 e. The van der Waals surface area contributed by atoms with E-state index in [1.807, 2.05) is 6.92 Å². The van der Waals surface area contributed by atoms with Crippen LogP contribution in [-0.2, 0) is 16.0 Å². The Morgan fingerprint density at radius 3 is 3.12 bits per heavy atom. The minimum atomic E-state index is -0.560. The second-order valence-corrected chi connectivity index (χ2v) is 4.07. The smallest absolute Gasteiger partial charge is 0.415 e. The maximum absolute atomic E-state index is 10.5. The lowest BCUT2D eigenvalue weighted by molar-refractivity contribution is -0.389. The highest BCUT2D eigenvalue weighted by Crippen LogP contribution is 2.30. The highest BCUT2D eigenvalue weighted by atomic mass is 16.7. The average Bonchev–Trinajstić information content (AvgIpc) is 2.73. The van der Waals surface area contributed by atoms with Crippen LogP contribution in [0.3, 0.4) is 0 Å². The fourth-order valence-electron chi connectivity index (χ4n) is 1.70. The molecule has 2 rings (SSSR count). The van der Waals surface area contributed by atoms with E-state index in [1.165, 1.54) is 13.3 Å². The van der Waals surface area contributed by atoms with Gasteiger partial charge in [-0.25, -0.2) is 0 Å². The van der Waals surface area contributed by atoms with Crippen LogP contribution in [0.5, 0.6) is 6.01 Å². The summed E-state index contributed by atoms with van der Waals surface area (Å²) in [7, 11) is 1.53. The summed E-state index contributed by atoms with van der Waals surface area (Å²) in [6.07, 6.45) is 1.36. The van der Waals surface area contributed by atoms with E-state index in [0.29, 0.717) is 13.2 Å². The molecule has 0 aliphatic carbocycles. The zero-order chi connectivity index (χ0) is 12.5. The van der Waals surface area contributed by atoms with Crippen LogP contribution >= 0.6 is 0 Å². The van der Waals surface area contributed by atoms with Gasteiger partial charge in [0.1, 0.15) is 13.0 Å². The number of fused-ring (bicyclic) bond motifs is 1. The summed E-state index contributed by atoms with van der Waals surface area (Å²) >= 11 is 0. The van der Waals surface area contributed by atoms with Gasteiger partial charge in [0.25, 0.3) is 0 Å².